The summed E-state index contributed by atoms with van der Waals surface area (Å²) in [6.07, 6.45) is 13.2. The van der Waals surface area contributed by atoms with Crippen LogP contribution in [0.2, 0.25) is 0 Å². The van der Waals surface area contributed by atoms with E-state index in [1.54, 1.807) is 0 Å². The van der Waals surface area contributed by atoms with E-state index in [9.17, 15) is 4.79 Å². The molecule has 1 atom stereocenters. The maximum absolute atomic E-state index is 13.2. The van der Waals surface area contributed by atoms with Crippen LogP contribution in [0.3, 0.4) is 0 Å². The standard InChI is InChI=1S/C22H29N3O/c1-17-23-12-15-24(17)14-11-21-8-4-5-13-25(21)22(26)20-10-9-18-6-2-3-7-19(18)16-20/h9-10,12,15-16,21H,2-8,11,13-14H2,1H3. The highest BCUT2D eigenvalue weighted by Gasteiger charge is 2.28. The molecule has 0 saturated carbocycles. The number of fused-ring (bicyclic) bond motifs is 1. The van der Waals surface area contributed by atoms with Gasteiger partial charge in [0.2, 0.25) is 0 Å². The highest BCUT2D eigenvalue weighted by Crippen LogP contribution is 2.26. The van der Waals surface area contributed by atoms with Gasteiger partial charge in [0.25, 0.3) is 5.91 Å². The van der Waals surface area contributed by atoms with E-state index in [2.05, 4.69) is 32.7 Å². The van der Waals surface area contributed by atoms with Crippen LogP contribution < -0.4 is 0 Å². The van der Waals surface area contributed by atoms with Gasteiger partial charge in [-0.1, -0.05) is 6.07 Å². The number of nitrogens with zero attached hydrogens (tertiary/aromatic N) is 3. The molecule has 1 aliphatic heterocycles. The van der Waals surface area contributed by atoms with E-state index in [1.807, 2.05) is 19.3 Å². The zero-order chi connectivity index (χ0) is 17.9. The molecule has 4 rings (SSSR count). The zero-order valence-electron chi connectivity index (χ0n) is 15.8. The number of hydrogen-bond acceptors (Lipinski definition) is 2. The lowest BCUT2D eigenvalue weighted by Gasteiger charge is -2.36. The number of benzene rings is 1. The Bertz CT molecular complexity index is 779. The van der Waals surface area contributed by atoms with E-state index in [0.29, 0.717) is 6.04 Å². The second kappa shape index (κ2) is 7.65. The maximum Gasteiger partial charge on any atom is 0.254 e. The Morgan fingerprint density at radius 2 is 2.00 bits per heavy atom. The van der Waals surface area contributed by atoms with Gasteiger partial charge in [-0.05, 0) is 81.5 Å². The van der Waals surface area contributed by atoms with Crippen molar-refractivity contribution < 1.29 is 4.79 Å². The highest BCUT2D eigenvalue weighted by molar-refractivity contribution is 5.94. The third kappa shape index (κ3) is 3.55. The van der Waals surface area contributed by atoms with Crippen LogP contribution in [0.5, 0.6) is 0 Å². The van der Waals surface area contributed by atoms with Crippen molar-refractivity contribution in [1.82, 2.24) is 14.5 Å². The average molecular weight is 351 g/mol. The molecule has 1 aliphatic carbocycles. The molecular formula is C22H29N3O. The predicted octanol–water partition coefficient (Wildman–Crippen LogP) is 4.16. The molecule has 2 aliphatic rings. The van der Waals surface area contributed by atoms with Crippen LogP contribution in [0.15, 0.2) is 30.6 Å². The van der Waals surface area contributed by atoms with E-state index in [4.69, 9.17) is 0 Å². The molecule has 0 spiro atoms. The first kappa shape index (κ1) is 17.3. The van der Waals surface area contributed by atoms with Crippen molar-refractivity contribution in [1.29, 1.82) is 0 Å². The molecule has 0 bridgehead atoms. The van der Waals surface area contributed by atoms with Crippen molar-refractivity contribution in [2.75, 3.05) is 6.54 Å². The monoisotopic (exact) mass is 351 g/mol. The van der Waals surface area contributed by atoms with E-state index >= 15 is 0 Å². The molecule has 138 valence electrons. The molecule has 1 aromatic heterocycles. The fraction of sp³-hybridized carbons (Fsp3) is 0.545. The summed E-state index contributed by atoms with van der Waals surface area (Å²) in [5.41, 5.74) is 3.72. The van der Waals surface area contributed by atoms with Crippen LogP contribution in [-0.4, -0.2) is 32.9 Å². The molecule has 4 heteroatoms. The SMILES string of the molecule is Cc1nccn1CCC1CCCCN1C(=O)c1ccc2c(c1)CCCC2. The summed E-state index contributed by atoms with van der Waals surface area (Å²) in [4.78, 5) is 19.7. The van der Waals surface area contributed by atoms with Gasteiger partial charge in [-0.2, -0.15) is 0 Å². The number of aromatic nitrogens is 2. The Labute approximate surface area is 156 Å². The first-order valence-corrected chi connectivity index (χ1v) is 10.1. The molecule has 26 heavy (non-hydrogen) atoms. The van der Waals surface area contributed by atoms with E-state index in [-0.39, 0.29) is 5.91 Å². The van der Waals surface area contributed by atoms with Gasteiger partial charge in [-0.15, -0.1) is 0 Å². The van der Waals surface area contributed by atoms with Crippen molar-refractivity contribution in [3.63, 3.8) is 0 Å². The summed E-state index contributed by atoms with van der Waals surface area (Å²) in [5, 5.41) is 0. The quantitative estimate of drug-likeness (QED) is 0.830. The van der Waals surface area contributed by atoms with Crippen molar-refractivity contribution >= 4 is 5.91 Å². The van der Waals surface area contributed by atoms with Gasteiger partial charge in [-0.3, -0.25) is 4.79 Å². The van der Waals surface area contributed by atoms with Crippen molar-refractivity contribution in [3.8, 4) is 0 Å². The number of likely N-dealkylation sites (tertiary alicyclic amines) is 1. The number of aryl methyl sites for hydroxylation is 4. The molecule has 1 fully saturated rings. The molecule has 0 radical (unpaired) electrons. The van der Waals surface area contributed by atoms with Crippen molar-refractivity contribution in [2.24, 2.45) is 0 Å². The topological polar surface area (TPSA) is 38.1 Å². The molecule has 1 unspecified atom stereocenters. The molecule has 0 N–H and O–H groups in total. The van der Waals surface area contributed by atoms with Crippen LogP contribution in [-0.2, 0) is 19.4 Å². The molecular weight excluding hydrogens is 322 g/mol. The molecule has 2 heterocycles. The first-order valence-electron chi connectivity index (χ1n) is 10.1. The normalized spacial score (nSPS) is 20.0. The summed E-state index contributed by atoms with van der Waals surface area (Å²) in [7, 11) is 0. The van der Waals surface area contributed by atoms with Gasteiger partial charge in [0, 0.05) is 37.1 Å². The summed E-state index contributed by atoms with van der Waals surface area (Å²) < 4.78 is 2.19. The Morgan fingerprint density at radius 1 is 1.15 bits per heavy atom. The maximum atomic E-state index is 13.2. The summed E-state index contributed by atoms with van der Waals surface area (Å²) in [5.74, 6) is 1.28. The third-order valence-electron chi connectivity index (χ3n) is 6.11. The smallest absolute Gasteiger partial charge is 0.254 e. The number of amides is 1. The minimum Gasteiger partial charge on any atom is -0.336 e. The average Bonchev–Trinajstić information content (AvgIpc) is 3.10. The molecule has 1 aromatic carbocycles. The molecule has 2 aromatic rings. The fourth-order valence-electron chi connectivity index (χ4n) is 4.53. The van der Waals surface area contributed by atoms with Gasteiger partial charge in [-0.25, -0.2) is 4.98 Å². The highest BCUT2D eigenvalue weighted by atomic mass is 16.2. The van der Waals surface area contributed by atoms with Crippen LogP contribution in [0.25, 0.3) is 0 Å². The minimum atomic E-state index is 0.227. The number of piperidine rings is 1. The van der Waals surface area contributed by atoms with Crippen LogP contribution in [0.1, 0.15) is 65.8 Å². The molecule has 1 amide bonds. The lowest BCUT2D eigenvalue weighted by atomic mass is 9.90. The second-order valence-electron chi connectivity index (χ2n) is 7.80. The predicted molar refractivity (Wildman–Crippen MR) is 103 cm³/mol. The lowest BCUT2D eigenvalue weighted by Crippen LogP contribution is -2.44. The summed E-state index contributed by atoms with van der Waals surface area (Å²) >= 11 is 0. The van der Waals surface area contributed by atoms with Gasteiger partial charge < -0.3 is 9.47 Å². The largest absolute Gasteiger partial charge is 0.336 e. The minimum absolute atomic E-state index is 0.227. The first-order chi connectivity index (χ1) is 12.7. The number of imidazole rings is 1. The molecule has 1 saturated heterocycles. The number of rotatable bonds is 4. The Balaban J connectivity index is 1.48. The van der Waals surface area contributed by atoms with Gasteiger partial charge in [0.1, 0.15) is 5.82 Å². The number of carbonyl (C=O) groups is 1. The Morgan fingerprint density at radius 3 is 2.81 bits per heavy atom. The van der Waals surface area contributed by atoms with Crippen LogP contribution >= 0.6 is 0 Å². The molecule has 4 nitrogen and oxygen atoms in total. The van der Waals surface area contributed by atoms with Gasteiger partial charge in [0.05, 0.1) is 0 Å². The van der Waals surface area contributed by atoms with E-state index < -0.39 is 0 Å². The lowest BCUT2D eigenvalue weighted by molar-refractivity contribution is 0.0595. The van der Waals surface area contributed by atoms with Gasteiger partial charge in [0.15, 0.2) is 0 Å². The Hall–Kier alpha value is -2.10. The van der Waals surface area contributed by atoms with Crippen molar-refractivity contribution in [2.45, 2.75) is 70.9 Å². The number of hydrogen-bond donors (Lipinski definition) is 0. The second-order valence-corrected chi connectivity index (χ2v) is 7.80. The number of carbonyl (C=O) groups excluding carboxylic acids is 1. The van der Waals surface area contributed by atoms with E-state index in [1.165, 1.54) is 36.8 Å². The summed E-state index contributed by atoms with van der Waals surface area (Å²) in [6, 6.07) is 6.75. The third-order valence-corrected chi connectivity index (χ3v) is 6.11. The van der Waals surface area contributed by atoms with Crippen LogP contribution in [0.4, 0.5) is 0 Å². The Kier molecular flexibility index (Phi) is 5.09. The van der Waals surface area contributed by atoms with Gasteiger partial charge >= 0.3 is 0 Å². The summed E-state index contributed by atoms with van der Waals surface area (Å²) in [6.45, 7) is 3.87. The van der Waals surface area contributed by atoms with Crippen LogP contribution in [0, 0.1) is 6.92 Å². The van der Waals surface area contributed by atoms with Crippen molar-refractivity contribution in [3.05, 3.63) is 53.1 Å². The van der Waals surface area contributed by atoms with E-state index in [0.717, 1.165) is 50.2 Å². The fourth-order valence-corrected chi connectivity index (χ4v) is 4.53. The zero-order valence-corrected chi connectivity index (χ0v) is 15.8.